The number of aryl methyl sites for hydroxylation is 1. The van der Waals surface area contributed by atoms with Gasteiger partial charge in [0.2, 0.25) is 0 Å². The lowest BCUT2D eigenvalue weighted by atomic mass is 10.4. The lowest BCUT2D eigenvalue weighted by Gasteiger charge is -2.18. The molecule has 2 N–H and O–H groups in total. The van der Waals surface area contributed by atoms with Crippen molar-refractivity contribution < 1.29 is 9.90 Å². The van der Waals surface area contributed by atoms with E-state index in [9.17, 15) is 4.79 Å². The number of aliphatic carboxylic acids is 1. The maximum absolute atomic E-state index is 10.5. The molecule has 1 rings (SSSR count). The monoisotopic (exact) mass is 250 g/mol. The predicted octanol–water partition coefficient (Wildman–Crippen LogP) is 1.29. The summed E-state index contributed by atoms with van der Waals surface area (Å²) in [5.41, 5.74) is 0. The Hall–Kier alpha value is -2.11. The second-order valence-corrected chi connectivity index (χ2v) is 3.89. The van der Waals surface area contributed by atoms with Crippen LogP contribution in [0.4, 0.5) is 11.6 Å². The SMILES string of the molecule is C=CCNc1cc(N(C)CCC(=O)O)nc(C)n1. The van der Waals surface area contributed by atoms with E-state index < -0.39 is 5.97 Å². The predicted molar refractivity (Wildman–Crippen MR) is 71.0 cm³/mol. The molecular weight excluding hydrogens is 232 g/mol. The molecule has 0 atom stereocenters. The number of nitrogens with one attached hydrogen (secondary N) is 1. The first-order valence-electron chi connectivity index (χ1n) is 5.66. The molecule has 1 aromatic heterocycles. The Morgan fingerprint density at radius 1 is 1.61 bits per heavy atom. The number of rotatable bonds is 7. The molecule has 98 valence electrons. The molecule has 6 nitrogen and oxygen atoms in total. The maximum Gasteiger partial charge on any atom is 0.305 e. The van der Waals surface area contributed by atoms with Gasteiger partial charge in [-0.15, -0.1) is 6.58 Å². The zero-order valence-corrected chi connectivity index (χ0v) is 10.7. The number of hydrogen-bond donors (Lipinski definition) is 2. The highest BCUT2D eigenvalue weighted by Gasteiger charge is 2.08. The number of aromatic nitrogens is 2. The Morgan fingerprint density at radius 2 is 2.33 bits per heavy atom. The lowest BCUT2D eigenvalue weighted by Crippen LogP contribution is -2.22. The highest BCUT2D eigenvalue weighted by Crippen LogP contribution is 2.14. The minimum absolute atomic E-state index is 0.0783. The fourth-order valence-electron chi connectivity index (χ4n) is 1.39. The van der Waals surface area contributed by atoms with Crippen LogP contribution in [0.25, 0.3) is 0 Å². The second-order valence-electron chi connectivity index (χ2n) is 3.89. The fourth-order valence-corrected chi connectivity index (χ4v) is 1.39. The van der Waals surface area contributed by atoms with Gasteiger partial charge in [-0.3, -0.25) is 4.79 Å². The first kappa shape index (κ1) is 14.0. The number of hydrogen-bond acceptors (Lipinski definition) is 5. The lowest BCUT2D eigenvalue weighted by molar-refractivity contribution is -0.136. The summed E-state index contributed by atoms with van der Waals surface area (Å²) in [6.07, 6.45) is 1.82. The largest absolute Gasteiger partial charge is 0.481 e. The van der Waals surface area contributed by atoms with Gasteiger partial charge in [-0.2, -0.15) is 0 Å². The fraction of sp³-hybridized carbons (Fsp3) is 0.417. The van der Waals surface area contributed by atoms with Crippen LogP contribution in [0.5, 0.6) is 0 Å². The normalized spacial score (nSPS) is 9.89. The molecule has 0 aromatic carbocycles. The molecule has 1 aromatic rings. The highest BCUT2D eigenvalue weighted by atomic mass is 16.4. The van der Waals surface area contributed by atoms with Crippen LogP contribution in [-0.2, 0) is 4.79 Å². The van der Waals surface area contributed by atoms with Crippen molar-refractivity contribution in [2.24, 2.45) is 0 Å². The third kappa shape index (κ3) is 4.40. The number of anilines is 2. The number of carboxylic acids is 1. The van der Waals surface area contributed by atoms with E-state index in [-0.39, 0.29) is 6.42 Å². The molecule has 6 heteroatoms. The Balaban J connectivity index is 2.77. The molecule has 1 heterocycles. The van der Waals surface area contributed by atoms with Crippen molar-refractivity contribution in [3.05, 3.63) is 24.5 Å². The van der Waals surface area contributed by atoms with Gasteiger partial charge in [0.15, 0.2) is 0 Å². The summed E-state index contributed by atoms with van der Waals surface area (Å²) in [6, 6.07) is 1.79. The first-order valence-corrected chi connectivity index (χ1v) is 5.66. The van der Waals surface area contributed by atoms with Crippen LogP contribution in [0.1, 0.15) is 12.2 Å². The van der Waals surface area contributed by atoms with Gasteiger partial charge < -0.3 is 15.3 Å². The molecule has 18 heavy (non-hydrogen) atoms. The minimum atomic E-state index is -0.822. The van der Waals surface area contributed by atoms with E-state index in [1.54, 1.807) is 24.0 Å². The summed E-state index contributed by atoms with van der Waals surface area (Å²) in [4.78, 5) is 20.8. The Bertz CT molecular complexity index is 434. The maximum atomic E-state index is 10.5. The number of nitrogens with zero attached hydrogens (tertiary/aromatic N) is 3. The molecule has 0 fully saturated rings. The van der Waals surface area contributed by atoms with Crippen molar-refractivity contribution in [1.29, 1.82) is 0 Å². The van der Waals surface area contributed by atoms with Gasteiger partial charge in [-0.1, -0.05) is 6.08 Å². The van der Waals surface area contributed by atoms with Gasteiger partial charge >= 0.3 is 5.97 Å². The smallest absolute Gasteiger partial charge is 0.305 e. The van der Waals surface area contributed by atoms with E-state index in [0.717, 1.165) is 0 Å². The van der Waals surface area contributed by atoms with Crippen LogP contribution < -0.4 is 10.2 Å². The van der Waals surface area contributed by atoms with Crippen LogP contribution in [0.3, 0.4) is 0 Å². The number of carbonyl (C=O) groups is 1. The van der Waals surface area contributed by atoms with Crippen LogP contribution >= 0.6 is 0 Å². The summed E-state index contributed by atoms with van der Waals surface area (Å²) >= 11 is 0. The standard InChI is InChI=1S/C12H18N4O2/c1-4-6-13-10-8-11(15-9(2)14-10)16(3)7-5-12(17)18/h4,8H,1,5-7H2,2-3H3,(H,17,18)(H,13,14,15). The molecule has 0 saturated heterocycles. The highest BCUT2D eigenvalue weighted by molar-refractivity contribution is 5.67. The van der Waals surface area contributed by atoms with E-state index >= 15 is 0 Å². The van der Waals surface area contributed by atoms with Crippen molar-refractivity contribution in [3.8, 4) is 0 Å². The summed E-state index contributed by atoms with van der Waals surface area (Å²) in [5.74, 6) is 1.23. The van der Waals surface area contributed by atoms with E-state index in [2.05, 4.69) is 21.9 Å². The van der Waals surface area contributed by atoms with Crippen molar-refractivity contribution in [3.63, 3.8) is 0 Å². The molecular formula is C12H18N4O2. The van der Waals surface area contributed by atoms with Crippen LogP contribution in [0, 0.1) is 6.92 Å². The van der Waals surface area contributed by atoms with Gasteiger partial charge in [0.25, 0.3) is 0 Å². The molecule has 0 aliphatic carbocycles. The van der Waals surface area contributed by atoms with Crippen molar-refractivity contribution >= 4 is 17.6 Å². The topological polar surface area (TPSA) is 78.4 Å². The van der Waals surface area contributed by atoms with Gasteiger partial charge in [-0.05, 0) is 6.92 Å². The van der Waals surface area contributed by atoms with E-state index in [1.807, 2.05) is 7.05 Å². The quantitative estimate of drug-likeness (QED) is 0.710. The summed E-state index contributed by atoms with van der Waals surface area (Å²) in [5, 5.41) is 11.7. The van der Waals surface area contributed by atoms with E-state index in [4.69, 9.17) is 5.11 Å². The molecule has 0 amide bonds. The Labute approximate surface area is 106 Å². The molecule has 0 radical (unpaired) electrons. The summed E-state index contributed by atoms with van der Waals surface area (Å²) in [6.45, 7) is 6.45. The van der Waals surface area contributed by atoms with Gasteiger partial charge in [0.05, 0.1) is 6.42 Å². The third-order valence-electron chi connectivity index (χ3n) is 2.30. The Kier molecular flexibility index (Phi) is 5.10. The van der Waals surface area contributed by atoms with Crippen molar-refractivity contribution in [2.45, 2.75) is 13.3 Å². The molecule has 0 unspecified atom stereocenters. The minimum Gasteiger partial charge on any atom is -0.481 e. The van der Waals surface area contributed by atoms with Gasteiger partial charge in [-0.25, -0.2) is 9.97 Å². The zero-order valence-electron chi connectivity index (χ0n) is 10.7. The van der Waals surface area contributed by atoms with Crippen LogP contribution in [-0.4, -0.2) is 41.2 Å². The van der Waals surface area contributed by atoms with Gasteiger partial charge in [0, 0.05) is 26.2 Å². The summed E-state index contributed by atoms with van der Waals surface area (Å²) in [7, 11) is 1.81. The third-order valence-corrected chi connectivity index (χ3v) is 2.30. The van der Waals surface area contributed by atoms with Crippen LogP contribution in [0.2, 0.25) is 0 Å². The van der Waals surface area contributed by atoms with Crippen LogP contribution in [0.15, 0.2) is 18.7 Å². The summed E-state index contributed by atoms with van der Waals surface area (Å²) < 4.78 is 0. The first-order chi connectivity index (χ1) is 8.52. The number of carboxylic acid groups (broad SMARTS) is 1. The average molecular weight is 250 g/mol. The molecule has 0 aliphatic rings. The Morgan fingerprint density at radius 3 is 2.94 bits per heavy atom. The van der Waals surface area contributed by atoms with Crippen molar-refractivity contribution in [1.82, 2.24) is 9.97 Å². The molecule has 0 aliphatic heterocycles. The zero-order chi connectivity index (χ0) is 13.5. The van der Waals surface area contributed by atoms with E-state index in [1.165, 1.54) is 0 Å². The molecule has 0 saturated carbocycles. The van der Waals surface area contributed by atoms with Crippen molar-refractivity contribution in [2.75, 3.05) is 30.4 Å². The van der Waals surface area contributed by atoms with Gasteiger partial charge in [0.1, 0.15) is 17.5 Å². The molecule has 0 spiro atoms. The average Bonchev–Trinajstić information content (AvgIpc) is 2.32. The second kappa shape index (κ2) is 6.58. The molecule has 0 bridgehead atoms. The van der Waals surface area contributed by atoms with E-state index in [0.29, 0.717) is 30.5 Å².